The number of hydrogen-bond donors (Lipinski definition) is 1. The molecule has 0 aliphatic rings. The summed E-state index contributed by atoms with van der Waals surface area (Å²) >= 11 is 1.57. The molecule has 0 saturated carbocycles. The molecule has 0 aliphatic carbocycles. The van der Waals surface area contributed by atoms with Crippen molar-refractivity contribution in [3.05, 3.63) is 59.1 Å². The van der Waals surface area contributed by atoms with E-state index in [0.717, 1.165) is 4.88 Å². The number of ether oxygens (including phenoxy) is 2. The van der Waals surface area contributed by atoms with Crippen LogP contribution in [-0.2, 0) is 6.67 Å². The van der Waals surface area contributed by atoms with Crippen molar-refractivity contribution in [2.75, 3.05) is 13.7 Å². The molecule has 4 rings (SSSR count). The highest BCUT2D eigenvalue weighted by Crippen LogP contribution is 2.32. The summed E-state index contributed by atoms with van der Waals surface area (Å²) < 4.78 is 23.5. The number of hydrogen-bond acceptors (Lipinski definition) is 6. The Labute approximate surface area is 176 Å². The minimum Gasteiger partial charge on any atom is -0.494 e. The van der Waals surface area contributed by atoms with Gasteiger partial charge in [-0.15, -0.1) is 11.3 Å². The smallest absolute Gasteiger partial charge is 0.213 e. The van der Waals surface area contributed by atoms with E-state index in [2.05, 4.69) is 15.0 Å². The van der Waals surface area contributed by atoms with Gasteiger partial charge in [0.1, 0.15) is 29.3 Å². The fourth-order valence-electron chi connectivity index (χ4n) is 3.11. The number of halogens is 1. The number of rotatable bonds is 9. The van der Waals surface area contributed by atoms with E-state index in [1.807, 2.05) is 17.5 Å². The first-order valence-electron chi connectivity index (χ1n) is 9.47. The van der Waals surface area contributed by atoms with Crippen LogP contribution < -0.4 is 9.47 Å². The molecule has 1 N–H and O–H groups in total. The molecule has 6 nitrogen and oxygen atoms in total. The van der Waals surface area contributed by atoms with Crippen LogP contribution in [0.3, 0.4) is 0 Å². The number of carbonyl (C=O) groups is 1. The molecule has 30 heavy (non-hydrogen) atoms. The van der Waals surface area contributed by atoms with E-state index in [-0.39, 0.29) is 5.78 Å². The summed E-state index contributed by atoms with van der Waals surface area (Å²) in [5, 5.41) is 1.98. The van der Waals surface area contributed by atoms with Crippen LogP contribution in [-0.4, -0.2) is 34.5 Å². The maximum Gasteiger partial charge on any atom is 0.213 e. The highest BCUT2D eigenvalue weighted by atomic mass is 32.1. The molecule has 3 heterocycles. The fourth-order valence-corrected chi connectivity index (χ4v) is 3.78. The third kappa shape index (κ3) is 4.18. The molecular formula is C22H20FN3O3S. The molecule has 1 aromatic carbocycles. The van der Waals surface area contributed by atoms with Gasteiger partial charge in [0.2, 0.25) is 5.88 Å². The Bertz CT molecular complexity index is 1140. The van der Waals surface area contributed by atoms with Gasteiger partial charge in [-0.1, -0.05) is 6.07 Å². The topological polar surface area (TPSA) is 77.1 Å². The lowest BCUT2D eigenvalue weighted by Gasteiger charge is -2.07. The average molecular weight is 425 g/mol. The third-order valence-electron chi connectivity index (χ3n) is 4.63. The lowest BCUT2D eigenvalue weighted by molar-refractivity contribution is 0.0974. The fraction of sp³-hybridized carbons (Fsp3) is 0.227. The van der Waals surface area contributed by atoms with Crippen molar-refractivity contribution in [2.24, 2.45) is 0 Å². The lowest BCUT2D eigenvalue weighted by Crippen LogP contribution is -2.05. The first-order chi connectivity index (χ1) is 14.7. The summed E-state index contributed by atoms with van der Waals surface area (Å²) in [5.41, 5.74) is 2.37. The Morgan fingerprint density at radius 1 is 1.23 bits per heavy atom. The number of H-pyrrole nitrogens is 1. The number of aromatic nitrogens is 3. The van der Waals surface area contributed by atoms with E-state index in [9.17, 15) is 9.18 Å². The number of nitrogens with one attached hydrogen (secondary N) is 1. The van der Waals surface area contributed by atoms with E-state index in [1.54, 1.807) is 42.7 Å². The molecule has 0 radical (unpaired) electrons. The molecule has 0 saturated heterocycles. The van der Waals surface area contributed by atoms with Crippen LogP contribution in [0.5, 0.6) is 11.6 Å². The molecule has 0 unspecified atom stereocenters. The number of nitrogens with zero attached hydrogens (tertiary/aromatic N) is 2. The van der Waals surface area contributed by atoms with Crippen molar-refractivity contribution in [2.45, 2.75) is 19.5 Å². The Kier molecular flexibility index (Phi) is 6.04. The van der Waals surface area contributed by atoms with E-state index in [4.69, 9.17) is 9.47 Å². The number of methoxy groups -OCH3 is 1. The van der Waals surface area contributed by atoms with Crippen LogP contribution in [0, 0.1) is 0 Å². The Morgan fingerprint density at radius 2 is 2.13 bits per heavy atom. The van der Waals surface area contributed by atoms with Crippen molar-refractivity contribution in [3.63, 3.8) is 0 Å². The van der Waals surface area contributed by atoms with E-state index < -0.39 is 6.67 Å². The van der Waals surface area contributed by atoms with Crippen molar-refractivity contribution in [1.29, 1.82) is 0 Å². The van der Waals surface area contributed by atoms with Crippen molar-refractivity contribution in [1.82, 2.24) is 15.0 Å². The van der Waals surface area contributed by atoms with Crippen molar-refractivity contribution < 1.29 is 18.7 Å². The molecule has 3 aromatic heterocycles. The number of thiophene rings is 1. The maximum absolute atomic E-state index is 12.8. The van der Waals surface area contributed by atoms with Gasteiger partial charge in [0, 0.05) is 29.8 Å². The number of carbonyl (C=O) groups excluding carboxylic acids is 1. The zero-order chi connectivity index (χ0) is 20.9. The van der Waals surface area contributed by atoms with Gasteiger partial charge in [-0.3, -0.25) is 4.79 Å². The normalized spacial score (nSPS) is 11.0. The summed E-state index contributed by atoms with van der Waals surface area (Å²) in [7, 11) is 1.59. The van der Waals surface area contributed by atoms with Crippen LogP contribution in [0.1, 0.15) is 28.8 Å². The molecule has 8 heteroatoms. The SMILES string of the molecule is COc1ccc(C(=O)CCCOc2ccc(CF)cn2)c2nc(-c3cccs3)[nH]c12. The number of benzene rings is 1. The maximum atomic E-state index is 12.8. The molecular weight excluding hydrogens is 405 g/mol. The second-order valence-electron chi connectivity index (χ2n) is 6.62. The molecule has 0 bridgehead atoms. The van der Waals surface area contributed by atoms with Gasteiger partial charge in [0.15, 0.2) is 5.78 Å². The number of Topliss-reactive ketones (excluding diaryl/α,β-unsaturated/α-hetero) is 1. The molecule has 0 amide bonds. The minimum absolute atomic E-state index is 0.0174. The van der Waals surface area contributed by atoms with Crippen molar-refractivity contribution in [3.8, 4) is 22.3 Å². The van der Waals surface area contributed by atoms with E-state index >= 15 is 0 Å². The van der Waals surface area contributed by atoms with Crippen LogP contribution in [0.4, 0.5) is 4.39 Å². The minimum atomic E-state index is -0.556. The molecule has 4 aromatic rings. The summed E-state index contributed by atoms with van der Waals surface area (Å²) in [6.45, 7) is -0.215. The van der Waals surface area contributed by atoms with Gasteiger partial charge in [0.05, 0.1) is 18.6 Å². The predicted molar refractivity (Wildman–Crippen MR) is 114 cm³/mol. The molecule has 154 valence electrons. The summed E-state index contributed by atoms with van der Waals surface area (Å²) in [6.07, 6.45) is 2.28. The molecule has 0 fully saturated rings. The van der Waals surface area contributed by atoms with Crippen LogP contribution in [0.2, 0.25) is 0 Å². The summed E-state index contributed by atoms with van der Waals surface area (Å²) in [5.74, 6) is 1.75. The van der Waals surface area contributed by atoms with Crippen molar-refractivity contribution >= 4 is 28.2 Å². The third-order valence-corrected chi connectivity index (χ3v) is 5.51. The number of aromatic amines is 1. The van der Waals surface area contributed by atoms with E-state index in [0.29, 0.717) is 59.1 Å². The first kappa shape index (κ1) is 20.0. The predicted octanol–water partition coefficient (Wildman–Crippen LogP) is 5.21. The van der Waals surface area contributed by atoms with Gasteiger partial charge >= 0.3 is 0 Å². The second-order valence-corrected chi connectivity index (χ2v) is 7.56. The van der Waals surface area contributed by atoms with Crippen LogP contribution in [0.25, 0.3) is 21.7 Å². The van der Waals surface area contributed by atoms with Gasteiger partial charge in [-0.05, 0) is 36.1 Å². The summed E-state index contributed by atoms with van der Waals surface area (Å²) in [4.78, 5) is 25.8. The Hall–Kier alpha value is -3.26. The zero-order valence-electron chi connectivity index (χ0n) is 16.4. The summed E-state index contributed by atoms with van der Waals surface area (Å²) in [6, 6.07) is 10.7. The number of fused-ring (bicyclic) bond motifs is 1. The Balaban J connectivity index is 1.46. The number of ketones is 1. The zero-order valence-corrected chi connectivity index (χ0v) is 17.2. The monoisotopic (exact) mass is 425 g/mol. The van der Waals surface area contributed by atoms with Gasteiger partial charge in [-0.25, -0.2) is 14.4 Å². The number of pyridine rings is 1. The Morgan fingerprint density at radius 3 is 2.83 bits per heavy atom. The van der Waals surface area contributed by atoms with Crippen LogP contribution in [0.15, 0.2) is 48.0 Å². The quantitative estimate of drug-likeness (QED) is 0.294. The standard InChI is InChI=1S/C22H20FN3O3S/c1-28-17-8-7-15(20-21(17)26-22(25-20)18-5-3-11-30-18)16(27)4-2-10-29-19-9-6-14(12-23)13-24-19/h3,5-9,11,13H,2,4,10,12H2,1H3,(H,25,26). The second kappa shape index (κ2) is 9.04. The van der Waals surface area contributed by atoms with Crippen LogP contribution >= 0.6 is 11.3 Å². The largest absolute Gasteiger partial charge is 0.494 e. The molecule has 0 atom stereocenters. The van der Waals surface area contributed by atoms with Gasteiger partial charge in [-0.2, -0.15) is 0 Å². The number of imidazole rings is 1. The molecule has 0 aliphatic heterocycles. The molecule has 0 spiro atoms. The highest BCUT2D eigenvalue weighted by molar-refractivity contribution is 7.13. The van der Waals surface area contributed by atoms with Gasteiger partial charge < -0.3 is 14.5 Å². The number of alkyl halides is 1. The average Bonchev–Trinajstić information content (AvgIpc) is 3.46. The van der Waals surface area contributed by atoms with E-state index in [1.165, 1.54) is 6.20 Å². The lowest BCUT2D eigenvalue weighted by atomic mass is 10.0. The van der Waals surface area contributed by atoms with Gasteiger partial charge in [0.25, 0.3) is 0 Å². The first-order valence-corrected chi connectivity index (χ1v) is 10.3. The highest BCUT2D eigenvalue weighted by Gasteiger charge is 2.18.